The second-order valence-corrected chi connectivity index (χ2v) is 4.19. The Morgan fingerprint density at radius 3 is 2.53 bits per heavy atom. The van der Waals surface area contributed by atoms with E-state index in [-0.39, 0.29) is 0 Å². The summed E-state index contributed by atoms with van der Waals surface area (Å²) < 4.78 is 0. The Morgan fingerprint density at radius 2 is 2.00 bits per heavy atom. The van der Waals surface area contributed by atoms with Crippen molar-refractivity contribution in [2.45, 2.75) is 39.7 Å². The molecule has 0 unspecified atom stereocenters. The van der Waals surface area contributed by atoms with E-state index in [1.807, 2.05) is 23.1 Å². The minimum absolute atomic E-state index is 0.484. The second kappa shape index (κ2) is 6.28. The summed E-state index contributed by atoms with van der Waals surface area (Å²) in [6.07, 6.45) is 1.86. The number of aliphatic carboxylic acids is 1. The van der Waals surface area contributed by atoms with E-state index in [1.54, 1.807) is 6.92 Å². The Hall–Kier alpha value is -1.51. The Kier molecular flexibility index (Phi) is 5.01. The lowest BCUT2D eigenvalue weighted by Gasteiger charge is -2.30. The number of hydrogen-bond acceptors (Lipinski definition) is 2. The SMILES string of the molecule is CCCN(c1ccccc1CC)[C@H](C)C(=O)O. The first-order chi connectivity index (χ1) is 8.11. The highest BCUT2D eigenvalue weighted by atomic mass is 16.4. The lowest BCUT2D eigenvalue weighted by Crippen LogP contribution is -2.40. The van der Waals surface area contributed by atoms with E-state index in [4.69, 9.17) is 5.11 Å². The van der Waals surface area contributed by atoms with Crippen LogP contribution < -0.4 is 4.90 Å². The van der Waals surface area contributed by atoms with Gasteiger partial charge in [-0.1, -0.05) is 32.0 Å². The maximum Gasteiger partial charge on any atom is 0.326 e. The molecule has 0 aromatic heterocycles. The maximum atomic E-state index is 11.1. The van der Waals surface area contributed by atoms with Gasteiger partial charge in [0.2, 0.25) is 0 Å². The van der Waals surface area contributed by atoms with E-state index in [9.17, 15) is 4.79 Å². The molecule has 0 heterocycles. The van der Waals surface area contributed by atoms with E-state index < -0.39 is 12.0 Å². The molecule has 1 aromatic rings. The fourth-order valence-corrected chi connectivity index (χ4v) is 1.99. The summed E-state index contributed by atoms with van der Waals surface area (Å²) in [5.41, 5.74) is 2.25. The minimum atomic E-state index is -0.774. The number of para-hydroxylation sites is 1. The predicted molar refractivity (Wildman–Crippen MR) is 70.6 cm³/mol. The number of nitrogens with zero attached hydrogens (tertiary/aromatic N) is 1. The lowest BCUT2D eigenvalue weighted by atomic mass is 10.1. The van der Waals surface area contributed by atoms with E-state index >= 15 is 0 Å². The zero-order valence-electron chi connectivity index (χ0n) is 10.8. The molecule has 3 nitrogen and oxygen atoms in total. The maximum absolute atomic E-state index is 11.1. The molecule has 0 bridgehead atoms. The van der Waals surface area contributed by atoms with Crippen LogP contribution in [0.1, 0.15) is 32.8 Å². The Labute approximate surface area is 103 Å². The van der Waals surface area contributed by atoms with Gasteiger partial charge in [-0.3, -0.25) is 0 Å². The fourth-order valence-electron chi connectivity index (χ4n) is 1.99. The number of anilines is 1. The highest BCUT2D eigenvalue weighted by Crippen LogP contribution is 2.23. The molecular weight excluding hydrogens is 214 g/mol. The van der Waals surface area contributed by atoms with Crippen molar-refractivity contribution in [1.29, 1.82) is 0 Å². The number of hydrogen-bond donors (Lipinski definition) is 1. The fraction of sp³-hybridized carbons (Fsp3) is 0.500. The highest BCUT2D eigenvalue weighted by molar-refractivity contribution is 5.78. The molecule has 0 radical (unpaired) electrons. The number of carboxylic acids is 1. The molecule has 0 fully saturated rings. The van der Waals surface area contributed by atoms with Gasteiger partial charge in [-0.25, -0.2) is 4.79 Å². The third kappa shape index (κ3) is 3.22. The molecule has 1 aromatic carbocycles. The molecule has 1 atom stereocenters. The Balaban J connectivity index is 3.08. The van der Waals surface area contributed by atoms with Crippen LogP contribution in [0.3, 0.4) is 0 Å². The van der Waals surface area contributed by atoms with Crippen molar-refractivity contribution in [3.63, 3.8) is 0 Å². The standard InChI is InChI=1S/C14H21NO2/c1-4-10-15(11(3)14(16)17)13-9-7-6-8-12(13)5-2/h6-9,11H,4-5,10H2,1-3H3,(H,16,17)/t11-/m1/s1. The summed E-state index contributed by atoms with van der Waals surface area (Å²) >= 11 is 0. The first-order valence-corrected chi connectivity index (χ1v) is 6.19. The molecule has 1 N–H and O–H groups in total. The quantitative estimate of drug-likeness (QED) is 0.824. The van der Waals surface area contributed by atoms with E-state index in [0.29, 0.717) is 0 Å². The predicted octanol–water partition coefficient (Wildman–Crippen LogP) is 2.94. The average molecular weight is 235 g/mol. The molecule has 0 saturated carbocycles. The van der Waals surface area contributed by atoms with Crippen LogP contribution in [0.2, 0.25) is 0 Å². The van der Waals surface area contributed by atoms with Crippen LogP contribution in [0.5, 0.6) is 0 Å². The van der Waals surface area contributed by atoms with Gasteiger partial charge in [0.1, 0.15) is 6.04 Å². The van der Waals surface area contributed by atoms with Crippen LogP contribution in [-0.2, 0) is 11.2 Å². The van der Waals surface area contributed by atoms with Crippen molar-refractivity contribution in [1.82, 2.24) is 0 Å². The number of rotatable bonds is 6. The Bertz CT molecular complexity index is 376. The van der Waals surface area contributed by atoms with E-state index in [0.717, 1.165) is 25.1 Å². The molecule has 94 valence electrons. The number of aryl methyl sites for hydroxylation is 1. The van der Waals surface area contributed by atoms with Gasteiger partial charge < -0.3 is 10.0 Å². The lowest BCUT2D eigenvalue weighted by molar-refractivity contribution is -0.138. The van der Waals surface area contributed by atoms with Gasteiger partial charge in [-0.2, -0.15) is 0 Å². The first kappa shape index (κ1) is 13.6. The van der Waals surface area contributed by atoms with Crippen molar-refractivity contribution < 1.29 is 9.90 Å². The van der Waals surface area contributed by atoms with Gasteiger partial charge >= 0.3 is 5.97 Å². The monoisotopic (exact) mass is 235 g/mol. The summed E-state index contributed by atoms with van der Waals surface area (Å²) in [6.45, 7) is 6.67. The summed E-state index contributed by atoms with van der Waals surface area (Å²) in [5, 5.41) is 9.16. The molecule has 0 amide bonds. The molecule has 17 heavy (non-hydrogen) atoms. The van der Waals surface area contributed by atoms with Crippen molar-refractivity contribution in [2.75, 3.05) is 11.4 Å². The largest absolute Gasteiger partial charge is 0.480 e. The summed E-state index contributed by atoms with van der Waals surface area (Å²) in [4.78, 5) is 13.1. The topological polar surface area (TPSA) is 40.5 Å². The van der Waals surface area contributed by atoms with Crippen molar-refractivity contribution >= 4 is 11.7 Å². The smallest absolute Gasteiger partial charge is 0.326 e. The minimum Gasteiger partial charge on any atom is -0.480 e. The molecule has 0 aliphatic heterocycles. The van der Waals surface area contributed by atoms with Gasteiger partial charge in [0.25, 0.3) is 0 Å². The van der Waals surface area contributed by atoms with Crippen LogP contribution in [0, 0.1) is 0 Å². The molecule has 0 saturated heterocycles. The third-order valence-electron chi connectivity index (χ3n) is 2.97. The average Bonchev–Trinajstić information content (AvgIpc) is 2.35. The molecular formula is C14H21NO2. The zero-order chi connectivity index (χ0) is 12.8. The third-order valence-corrected chi connectivity index (χ3v) is 2.97. The van der Waals surface area contributed by atoms with Crippen LogP contribution in [-0.4, -0.2) is 23.7 Å². The van der Waals surface area contributed by atoms with Crippen LogP contribution >= 0.6 is 0 Å². The van der Waals surface area contributed by atoms with Crippen molar-refractivity contribution in [3.05, 3.63) is 29.8 Å². The normalized spacial score (nSPS) is 12.2. The summed E-state index contributed by atoms with van der Waals surface area (Å²) in [7, 11) is 0. The number of carboxylic acid groups (broad SMARTS) is 1. The van der Waals surface area contributed by atoms with Gasteiger partial charge in [-0.15, -0.1) is 0 Å². The number of benzene rings is 1. The second-order valence-electron chi connectivity index (χ2n) is 4.19. The Morgan fingerprint density at radius 1 is 1.35 bits per heavy atom. The van der Waals surface area contributed by atoms with Gasteiger partial charge in [0.05, 0.1) is 0 Å². The molecule has 0 spiro atoms. The molecule has 1 rings (SSSR count). The van der Waals surface area contributed by atoms with Gasteiger partial charge in [-0.05, 0) is 31.4 Å². The van der Waals surface area contributed by atoms with E-state index in [2.05, 4.69) is 19.9 Å². The van der Waals surface area contributed by atoms with Crippen molar-refractivity contribution in [2.24, 2.45) is 0 Å². The molecule has 3 heteroatoms. The van der Waals surface area contributed by atoms with Crippen LogP contribution in [0.25, 0.3) is 0 Å². The van der Waals surface area contributed by atoms with E-state index in [1.165, 1.54) is 5.56 Å². The van der Waals surface area contributed by atoms with Gasteiger partial charge in [0.15, 0.2) is 0 Å². The highest BCUT2D eigenvalue weighted by Gasteiger charge is 2.21. The molecule has 0 aliphatic rings. The first-order valence-electron chi connectivity index (χ1n) is 6.19. The summed E-state index contributed by atoms with van der Waals surface area (Å²) in [6, 6.07) is 7.55. The van der Waals surface area contributed by atoms with Crippen LogP contribution in [0.4, 0.5) is 5.69 Å². The molecule has 0 aliphatic carbocycles. The summed E-state index contributed by atoms with van der Waals surface area (Å²) in [5.74, 6) is -0.774. The van der Waals surface area contributed by atoms with Crippen LogP contribution in [0.15, 0.2) is 24.3 Å². The van der Waals surface area contributed by atoms with Crippen molar-refractivity contribution in [3.8, 4) is 0 Å². The zero-order valence-corrected chi connectivity index (χ0v) is 10.8. The number of carbonyl (C=O) groups is 1. The van der Waals surface area contributed by atoms with Gasteiger partial charge in [0, 0.05) is 12.2 Å².